The molecule has 3 rings (SSSR count). The van der Waals surface area contributed by atoms with Crippen molar-refractivity contribution >= 4 is 11.8 Å². The Morgan fingerprint density at radius 1 is 1.17 bits per heavy atom. The minimum Gasteiger partial charge on any atom is -0.490 e. The summed E-state index contributed by atoms with van der Waals surface area (Å²) in [6.45, 7) is 6.25. The number of piperidine rings is 1. The van der Waals surface area contributed by atoms with Crippen molar-refractivity contribution in [3.05, 3.63) is 29.8 Å². The van der Waals surface area contributed by atoms with Gasteiger partial charge >= 0.3 is 0 Å². The lowest BCUT2D eigenvalue weighted by atomic mass is 9.94. The number of hydrogen-bond donors (Lipinski definition) is 1. The van der Waals surface area contributed by atoms with Crippen molar-refractivity contribution in [2.24, 2.45) is 0 Å². The second-order valence-electron chi connectivity index (χ2n) is 8.43. The summed E-state index contributed by atoms with van der Waals surface area (Å²) < 4.78 is 16.7. The smallest absolute Gasteiger partial charge is 0.251 e. The Morgan fingerprint density at radius 3 is 2.48 bits per heavy atom. The van der Waals surface area contributed by atoms with Crippen LogP contribution >= 0.6 is 0 Å². The average Bonchev–Trinajstić information content (AvgIpc) is 2.68. The second-order valence-corrected chi connectivity index (χ2v) is 8.43. The number of hydrogen-bond acceptors (Lipinski definition) is 5. The van der Waals surface area contributed by atoms with Gasteiger partial charge < -0.3 is 24.4 Å². The third kappa shape index (κ3) is 6.18. The summed E-state index contributed by atoms with van der Waals surface area (Å²) in [5.41, 5.74) is 0.430. The van der Waals surface area contributed by atoms with Crippen LogP contribution < -0.4 is 10.1 Å². The quantitative estimate of drug-likeness (QED) is 0.788. The summed E-state index contributed by atoms with van der Waals surface area (Å²) in [5.74, 6) is 0.703. The Kier molecular flexibility index (Phi) is 7.14. The Hall–Kier alpha value is -2.12. The normalized spacial score (nSPS) is 22.2. The molecule has 2 fully saturated rings. The van der Waals surface area contributed by atoms with Crippen molar-refractivity contribution < 1.29 is 23.8 Å². The van der Waals surface area contributed by atoms with Gasteiger partial charge in [0.05, 0.1) is 5.60 Å². The first kappa shape index (κ1) is 21.6. The molecule has 7 nitrogen and oxygen atoms in total. The molecule has 29 heavy (non-hydrogen) atoms. The summed E-state index contributed by atoms with van der Waals surface area (Å²) in [6.07, 6.45) is 3.30. The molecule has 0 spiro atoms. The number of nitrogens with zero attached hydrogens (tertiary/aromatic N) is 1. The molecule has 1 aromatic carbocycles. The van der Waals surface area contributed by atoms with E-state index in [0.29, 0.717) is 25.3 Å². The highest BCUT2D eigenvalue weighted by atomic mass is 16.5. The molecule has 0 saturated carbocycles. The van der Waals surface area contributed by atoms with Gasteiger partial charge in [-0.2, -0.15) is 0 Å². The highest BCUT2D eigenvalue weighted by molar-refractivity contribution is 5.94. The molecule has 0 unspecified atom stereocenters. The molecule has 1 aromatic rings. The van der Waals surface area contributed by atoms with E-state index in [2.05, 4.69) is 19.2 Å². The highest BCUT2D eigenvalue weighted by Gasteiger charge is 2.30. The number of carbonyl (C=O) groups excluding carboxylic acids is 2. The topological polar surface area (TPSA) is 77.1 Å². The summed E-state index contributed by atoms with van der Waals surface area (Å²) in [4.78, 5) is 26.2. The van der Waals surface area contributed by atoms with Crippen molar-refractivity contribution in [1.29, 1.82) is 0 Å². The molecule has 7 heteroatoms. The van der Waals surface area contributed by atoms with Crippen LogP contribution in [0.5, 0.6) is 5.75 Å². The van der Waals surface area contributed by atoms with Crippen LogP contribution in [0.4, 0.5) is 0 Å². The van der Waals surface area contributed by atoms with Gasteiger partial charge in [-0.05, 0) is 51.0 Å². The number of nitrogens with one attached hydrogen (secondary N) is 1. The van der Waals surface area contributed by atoms with Crippen LogP contribution in [-0.2, 0) is 14.3 Å². The van der Waals surface area contributed by atoms with Gasteiger partial charge in [0.25, 0.3) is 5.91 Å². The summed E-state index contributed by atoms with van der Waals surface area (Å²) in [5, 5.41) is 3.11. The van der Waals surface area contributed by atoms with E-state index in [1.54, 1.807) is 12.1 Å². The maximum absolute atomic E-state index is 12.5. The van der Waals surface area contributed by atoms with Crippen molar-refractivity contribution in [2.75, 3.05) is 33.4 Å². The Bertz CT molecular complexity index is 696. The predicted molar refractivity (Wildman–Crippen MR) is 109 cm³/mol. The van der Waals surface area contributed by atoms with E-state index < -0.39 is 0 Å². The standard InChI is InChI=1S/C22H32N2O5/c1-22(2)14-17(10-13-28-22)23-21(26)16-4-6-18(7-5-16)29-19-8-11-24(12-9-19)20(25)15-27-3/h4-7,17,19H,8-15H2,1-3H3,(H,23,26)/t17-/m0/s1. The fourth-order valence-corrected chi connectivity index (χ4v) is 3.94. The summed E-state index contributed by atoms with van der Waals surface area (Å²) in [7, 11) is 1.53. The number of likely N-dealkylation sites (tertiary alicyclic amines) is 1. The molecular weight excluding hydrogens is 372 g/mol. The SMILES string of the molecule is COCC(=O)N1CCC(Oc2ccc(C(=O)N[C@H]3CCOC(C)(C)C3)cc2)CC1. The molecule has 0 radical (unpaired) electrons. The summed E-state index contributed by atoms with van der Waals surface area (Å²) in [6, 6.07) is 7.41. The van der Waals surface area contributed by atoms with Crippen molar-refractivity contribution in [3.8, 4) is 5.75 Å². The molecule has 2 heterocycles. The maximum atomic E-state index is 12.5. The van der Waals surface area contributed by atoms with E-state index in [1.807, 2.05) is 17.0 Å². The zero-order valence-electron chi connectivity index (χ0n) is 17.6. The molecule has 160 valence electrons. The van der Waals surface area contributed by atoms with Crippen LogP contribution in [0.15, 0.2) is 24.3 Å². The Morgan fingerprint density at radius 2 is 1.86 bits per heavy atom. The lowest BCUT2D eigenvalue weighted by Crippen LogP contribution is -2.45. The monoisotopic (exact) mass is 404 g/mol. The van der Waals surface area contributed by atoms with E-state index in [1.165, 1.54) is 7.11 Å². The van der Waals surface area contributed by atoms with Crippen LogP contribution in [0.25, 0.3) is 0 Å². The van der Waals surface area contributed by atoms with E-state index in [9.17, 15) is 9.59 Å². The first-order valence-corrected chi connectivity index (χ1v) is 10.3. The second kappa shape index (κ2) is 9.59. The Balaban J connectivity index is 1.46. The average molecular weight is 405 g/mol. The van der Waals surface area contributed by atoms with Crippen molar-refractivity contribution in [2.45, 2.75) is 57.3 Å². The molecule has 2 aliphatic heterocycles. The third-order valence-electron chi connectivity index (χ3n) is 5.51. The molecule has 1 atom stereocenters. The van der Waals surface area contributed by atoms with Gasteiger partial charge in [-0.3, -0.25) is 9.59 Å². The molecule has 2 saturated heterocycles. The van der Waals surface area contributed by atoms with E-state index in [-0.39, 0.29) is 36.2 Å². The number of rotatable bonds is 6. The van der Waals surface area contributed by atoms with Crippen LogP contribution in [0.3, 0.4) is 0 Å². The van der Waals surface area contributed by atoms with Crippen LogP contribution in [0.1, 0.15) is 49.9 Å². The molecule has 0 aromatic heterocycles. The van der Waals surface area contributed by atoms with Crippen molar-refractivity contribution in [1.82, 2.24) is 10.2 Å². The van der Waals surface area contributed by atoms with Gasteiger partial charge in [0.15, 0.2) is 0 Å². The number of ether oxygens (including phenoxy) is 3. The molecule has 2 aliphatic rings. The molecule has 0 bridgehead atoms. The van der Waals surface area contributed by atoms with E-state index in [0.717, 1.165) is 31.4 Å². The lowest BCUT2D eigenvalue weighted by Gasteiger charge is -2.35. The van der Waals surface area contributed by atoms with Crippen molar-refractivity contribution in [3.63, 3.8) is 0 Å². The minimum atomic E-state index is -0.197. The highest BCUT2D eigenvalue weighted by Crippen LogP contribution is 2.24. The maximum Gasteiger partial charge on any atom is 0.251 e. The Labute approximate surface area is 172 Å². The summed E-state index contributed by atoms with van der Waals surface area (Å²) >= 11 is 0. The lowest BCUT2D eigenvalue weighted by molar-refractivity contribution is -0.136. The number of benzene rings is 1. The van der Waals surface area contributed by atoms with Gasteiger partial charge in [0, 0.05) is 51.3 Å². The first-order chi connectivity index (χ1) is 13.9. The molecule has 1 N–H and O–H groups in total. The van der Waals surface area contributed by atoms with E-state index >= 15 is 0 Å². The van der Waals surface area contributed by atoms with E-state index in [4.69, 9.17) is 14.2 Å². The van der Waals surface area contributed by atoms with Gasteiger partial charge in [0.2, 0.25) is 5.91 Å². The van der Waals surface area contributed by atoms with Gasteiger partial charge in [-0.25, -0.2) is 0 Å². The molecular formula is C22H32N2O5. The zero-order chi connectivity index (χ0) is 20.9. The minimum absolute atomic E-state index is 0.0224. The third-order valence-corrected chi connectivity index (χ3v) is 5.51. The fraction of sp³-hybridized carbons (Fsp3) is 0.636. The van der Waals surface area contributed by atoms with Gasteiger partial charge in [0.1, 0.15) is 18.5 Å². The number of methoxy groups -OCH3 is 1. The van der Waals surface area contributed by atoms with Gasteiger partial charge in [-0.1, -0.05) is 0 Å². The number of carbonyl (C=O) groups is 2. The largest absolute Gasteiger partial charge is 0.490 e. The van der Waals surface area contributed by atoms with Crippen LogP contribution in [0, 0.1) is 0 Å². The van der Waals surface area contributed by atoms with Crippen LogP contribution in [-0.4, -0.2) is 67.9 Å². The fourth-order valence-electron chi connectivity index (χ4n) is 3.94. The molecule has 0 aliphatic carbocycles. The zero-order valence-corrected chi connectivity index (χ0v) is 17.6. The first-order valence-electron chi connectivity index (χ1n) is 10.3. The van der Waals surface area contributed by atoms with Crippen LogP contribution in [0.2, 0.25) is 0 Å². The van der Waals surface area contributed by atoms with Gasteiger partial charge in [-0.15, -0.1) is 0 Å². The number of amides is 2. The molecule has 2 amide bonds. The predicted octanol–water partition coefficient (Wildman–Crippen LogP) is 2.39.